The van der Waals surface area contributed by atoms with Gasteiger partial charge >= 0.3 is 5.97 Å². The molecule has 4 nitrogen and oxygen atoms in total. The van der Waals surface area contributed by atoms with Crippen molar-refractivity contribution >= 4 is 11.9 Å². The summed E-state index contributed by atoms with van der Waals surface area (Å²) in [6.07, 6.45) is 17.8. The third-order valence-corrected chi connectivity index (χ3v) is 4.18. The van der Waals surface area contributed by atoms with Crippen LogP contribution in [0.5, 0.6) is 0 Å². The number of allylic oxidation sites excluding steroid dienone is 2. The third kappa shape index (κ3) is 10.1. The maximum atomic E-state index is 11.6. The van der Waals surface area contributed by atoms with Gasteiger partial charge in [0.05, 0.1) is 6.61 Å². The van der Waals surface area contributed by atoms with Gasteiger partial charge in [-0.3, -0.25) is 4.79 Å². The van der Waals surface area contributed by atoms with E-state index in [1.165, 1.54) is 44.9 Å². The molecule has 1 saturated heterocycles. The fraction of sp³-hybridized carbons (Fsp3) is 0.789. The van der Waals surface area contributed by atoms with Crippen LogP contribution in [0.25, 0.3) is 0 Å². The highest BCUT2D eigenvalue weighted by atomic mass is 16.5. The van der Waals surface area contributed by atoms with Gasteiger partial charge in [-0.05, 0) is 32.1 Å². The largest absolute Gasteiger partial charge is 0.464 e. The Morgan fingerprint density at radius 1 is 1.09 bits per heavy atom. The lowest BCUT2D eigenvalue weighted by Crippen LogP contribution is -2.34. The molecule has 23 heavy (non-hydrogen) atoms. The molecule has 132 valence electrons. The molecular formula is C19H33NO3. The Morgan fingerprint density at radius 3 is 2.39 bits per heavy atom. The molecule has 1 unspecified atom stereocenters. The maximum absolute atomic E-state index is 11.6. The van der Waals surface area contributed by atoms with E-state index in [0.717, 1.165) is 19.3 Å². The van der Waals surface area contributed by atoms with Crippen LogP contribution in [0.2, 0.25) is 0 Å². The number of unbranched alkanes of at least 4 members (excludes halogenated alkanes) is 8. The van der Waals surface area contributed by atoms with E-state index in [1.54, 1.807) is 0 Å². The van der Waals surface area contributed by atoms with Gasteiger partial charge in [-0.15, -0.1) is 0 Å². The topological polar surface area (TPSA) is 55.4 Å². The van der Waals surface area contributed by atoms with Crippen LogP contribution in [0.4, 0.5) is 0 Å². The van der Waals surface area contributed by atoms with Gasteiger partial charge in [0.15, 0.2) is 0 Å². The van der Waals surface area contributed by atoms with Gasteiger partial charge < -0.3 is 10.1 Å². The molecule has 1 aliphatic heterocycles. The van der Waals surface area contributed by atoms with Crippen molar-refractivity contribution in [2.75, 3.05) is 6.61 Å². The second-order valence-corrected chi connectivity index (χ2v) is 6.35. The van der Waals surface area contributed by atoms with E-state index in [0.29, 0.717) is 19.4 Å². The van der Waals surface area contributed by atoms with Crippen LogP contribution in [0.1, 0.15) is 84.0 Å². The molecule has 0 saturated carbocycles. The van der Waals surface area contributed by atoms with Crippen LogP contribution in [0.3, 0.4) is 0 Å². The summed E-state index contributed by atoms with van der Waals surface area (Å²) in [6, 6.07) is -0.421. The second-order valence-electron chi connectivity index (χ2n) is 6.35. The minimum absolute atomic E-state index is 0.0553. The van der Waals surface area contributed by atoms with E-state index < -0.39 is 6.04 Å². The molecule has 0 radical (unpaired) electrons. The van der Waals surface area contributed by atoms with E-state index in [1.807, 2.05) is 0 Å². The summed E-state index contributed by atoms with van der Waals surface area (Å²) in [6.45, 7) is 2.69. The number of hydrogen-bond donors (Lipinski definition) is 1. The van der Waals surface area contributed by atoms with Crippen molar-refractivity contribution in [2.24, 2.45) is 0 Å². The molecule has 0 aromatic carbocycles. The Balaban J connectivity index is 1.85. The highest BCUT2D eigenvalue weighted by molar-refractivity contribution is 5.87. The molecule has 1 N–H and O–H groups in total. The van der Waals surface area contributed by atoms with Gasteiger partial charge in [-0.1, -0.05) is 57.6 Å². The number of carbonyl (C=O) groups excluding carboxylic acids is 2. The summed E-state index contributed by atoms with van der Waals surface area (Å²) in [4.78, 5) is 22.7. The van der Waals surface area contributed by atoms with Crippen molar-refractivity contribution in [3.8, 4) is 0 Å². The van der Waals surface area contributed by atoms with Gasteiger partial charge in [-0.25, -0.2) is 4.79 Å². The number of esters is 1. The van der Waals surface area contributed by atoms with Crippen molar-refractivity contribution in [3.63, 3.8) is 0 Å². The van der Waals surface area contributed by atoms with E-state index in [9.17, 15) is 9.59 Å². The van der Waals surface area contributed by atoms with E-state index in [-0.39, 0.29) is 11.9 Å². The van der Waals surface area contributed by atoms with Crippen molar-refractivity contribution < 1.29 is 14.3 Å². The fourth-order valence-electron chi connectivity index (χ4n) is 2.72. The zero-order chi connectivity index (χ0) is 16.8. The van der Waals surface area contributed by atoms with Crippen LogP contribution in [-0.2, 0) is 14.3 Å². The lowest BCUT2D eigenvalue weighted by Gasteiger charge is -2.09. The van der Waals surface area contributed by atoms with Gasteiger partial charge in [0, 0.05) is 6.42 Å². The molecule has 1 heterocycles. The fourth-order valence-corrected chi connectivity index (χ4v) is 2.72. The third-order valence-electron chi connectivity index (χ3n) is 4.18. The van der Waals surface area contributed by atoms with Crippen LogP contribution in [0.15, 0.2) is 12.2 Å². The zero-order valence-electron chi connectivity index (χ0n) is 14.6. The average molecular weight is 323 g/mol. The predicted molar refractivity (Wildman–Crippen MR) is 93.1 cm³/mol. The Kier molecular flexibility index (Phi) is 11.3. The highest BCUT2D eigenvalue weighted by Gasteiger charge is 2.28. The number of hydrogen-bond acceptors (Lipinski definition) is 3. The normalized spacial score (nSPS) is 17.6. The van der Waals surface area contributed by atoms with Crippen LogP contribution in [0, 0.1) is 0 Å². The molecular weight excluding hydrogens is 290 g/mol. The predicted octanol–water partition coefficient (Wildman–Crippen LogP) is 4.29. The second kappa shape index (κ2) is 13.1. The summed E-state index contributed by atoms with van der Waals surface area (Å²) in [7, 11) is 0. The minimum Gasteiger partial charge on any atom is -0.464 e. The first-order valence-electron chi connectivity index (χ1n) is 9.35. The average Bonchev–Trinajstić information content (AvgIpc) is 2.98. The van der Waals surface area contributed by atoms with Crippen LogP contribution in [-0.4, -0.2) is 24.5 Å². The first-order chi connectivity index (χ1) is 11.2. The number of nitrogens with one attached hydrogen (secondary N) is 1. The van der Waals surface area contributed by atoms with Gasteiger partial charge in [-0.2, -0.15) is 0 Å². The molecule has 0 aliphatic carbocycles. The van der Waals surface area contributed by atoms with Crippen LogP contribution >= 0.6 is 0 Å². The lowest BCUT2D eigenvalue weighted by atomic mass is 10.1. The first-order valence-corrected chi connectivity index (χ1v) is 9.35. The highest BCUT2D eigenvalue weighted by Crippen LogP contribution is 2.10. The molecule has 0 aromatic heterocycles. The summed E-state index contributed by atoms with van der Waals surface area (Å²) in [5.41, 5.74) is 0. The van der Waals surface area contributed by atoms with E-state index >= 15 is 0 Å². The Labute approximate surface area is 141 Å². The van der Waals surface area contributed by atoms with Crippen molar-refractivity contribution in [3.05, 3.63) is 12.2 Å². The van der Waals surface area contributed by atoms with Gasteiger partial charge in [0.1, 0.15) is 6.04 Å². The Hall–Kier alpha value is -1.32. The zero-order valence-corrected chi connectivity index (χ0v) is 14.6. The molecule has 1 atom stereocenters. The number of carbonyl (C=O) groups is 2. The number of amides is 1. The molecule has 4 heteroatoms. The molecule has 1 aliphatic rings. The van der Waals surface area contributed by atoms with Crippen molar-refractivity contribution in [1.29, 1.82) is 0 Å². The van der Waals surface area contributed by atoms with Gasteiger partial charge in [0.25, 0.3) is 0 Å². The molecule has 1 rings (SSSR count). The quantitative estimate of drug-likeness (QED) is 0.312. The first kappa shape index (κ1) is 19.7. The summed E-state index contributed by atoms with van der Waals surface area (Å²) < 4.78 is 5.18. The van der Waals surface area contributed by atoms with Crippen LogP contribution < -0.4 is 5.32 Å². The Morgan fingerprint density at radius 2 is 1.74 bits per heavy atom. The van der Waals surface area contributed by atoms with E-state index in [4.69, 9.17) is 4.74 Å². The molecule has 0 aromatic rings. The monoisotopic (exact) mass is 323 g/mol. The number of ether oxygens (including phenoxy) is 1. The SMILES string of the molecule is CCCCCCCCCC=CCCCOC(=O)C1CCC(=O)N1. The molecule has 1 amide bonds. The number of rotatable bonds is 13. The Bertz CT molecular complexity index is 366. The summed E-state index contributed by atoms with van der Waals surface area (Å²) >= 11 is 0. The van der Waals surface area contributed by atoms with Crippen molar-refractivity contribution in [2.45, 2.75) is 90.0 Å². The van der Waals surface area contributed by atoms with Gasteiger partial charge in [0.2, 0.25) is 5.91 Å². The minimum atomic E-state index is -0.421. The van der Waals surface area contributed by atoms with Crippen molar-refractivity contribution in [1.82, 2.24) is 5.32 Å². The maximum Gasteiger partial charge on any atom is 0.328 e. The smallest absolute Gasteiger partial charge is 0.328 e. The van der Waals surface area contributed by atoms with E-state index in [2.05, 4.69) is 24.4 Å². The summed E-state index contributed by atoms with van der Waals surface area (Å²) in [5.74, 6) is -0.344. The lowest BCUT2D eigenvalue weighted by molar-refractivity contribution is -0.146. The standard InChI is InChI=1S/C19H33NO3/c1-2-3-4-5-6-7-8-9-10-11-12-13-16-23-19(22)17-14-15-18(21)20-17/h10-11,17H,2-9,12-16H2,1H3,(H,20,21). The molecule has 0 bridgehead atoms. The molecule has 1 fully saturated rings. The summed E-state index contributed by atoms with van der Waals surface area (Å²) in [5, 5.41) is 2.62. The molecule has 0 spiro atoms.